The molecule has 0 bridgehead atoms. The van der Waals surface area contributed by atoms with Gasteiger partial charge in [0.2, 0.25) is 13.1 Å². The van der Waals surface area contributed by atoms with Crippen molar-refractivity contribution in [1.82, 2.24) is 14.7 Å². The quantitative estimate of drug-likeness (QED) is 0.485. The number of esters is 1. The van der Waals surface area contributed by atoms with Crippen molar-refractivity contribution in [3.63, 3.8) is 0 Å². The Kier molecular flexibility index (Phi) is 7.38. The van der Waals surface area contributed by atoms with Crippen LogP contribution >= 0.6 is 0 Å². The fourth-order valence-electron chi connectivity index (χ4n) is 3.39. The topological polar surface area (TPSA) is 80.8 Å². The summed E-state index contributed by atoms with van der Waals surface area (Å²) in [6.45, 7) is 7.39. The monoisotopic (exact) mass is 421 g/mol. The average Bonchev–Trinajstić information content (AvgIpc) is 3.16. The van der Waals surface area contributed by atoms with Crippen LogP contribution in [0.2, 0.25) is 0 Å². The maximum Gasteiger partial charge on any atom is 0.412 e. The molecular formula is C21H31N3O6. The molecule has 2 aliphatic rings. The fourth-order valence-corrected chi connectivity index (χ4v) is 3.39. The molecule has 0 radical (unpaired) electrons. The van der Waals surface area contributed by atoms with Crippen LogP contribution in [-0.4, -0.2) is 92.7 Å². The summed E-state index contributed by atoms with van der Waals surface area (Å²) in [4.78, 5) is 30.3. The van der Waals surface area contributed by atoms with Gasteiger partial charge in [0, 0.05) is 46.2 Å². The summed E-state index contributed by atoms with van der Waals surface area (Å²) >= 11 is 0. The second-order valence-corrected chi connectivity index (χ2v) is 7.87. The molecular weight excluding hydrogens is 390 g/mol. The number of hydrogen-bond acceptors (Lipinski definition) is 8. The van der Waals surface area contributed by atoms with E-state index in [9.17, 15) is 9.59 Å². The van der Waals surface area contributed by atoms with Crippen molar-refractivity contribution in [3.05, 3.63) is 23.8 Å². The second kappa shape index (κ2) is 9.99. The van der Waals surface area contributed by atoms with Crippen LogP contribution in [0.15, 0.2) is 18.2 Å². The third kappa shape index (κ3) is 5.99. The van der Waals surface area contributed by atoms with Crippen LogP contribution in [0, 0.1) is 0 Å². The molecule has 1 aromatic carbocycles. The van der Waals surface area contributed by atoms with Gasteiger partial charge in [-0.1, -0.05) is 6.07 Å². The van der Waals surface area contributed by atoms with Crippen LogP contribution in [0.1, 0.15) is 19.4 Å². The van der Waals surface area contributed by atoms with Crippen LogP contribution in [0.3, 0.4) is 0 Å². The molecule has 0 N–H and O–H groups in total. The van der Waals surface area contributed by atoms with Crippen molar-refractivity contribution in [1.29, 1.82) is 0 Å². The molecule has 30 heavy (non-hydrogen) atoms. The second-order valence-electron chi connectivity index (χ2n) is 7.87. The van der Waals surface area contributed by atoms with Crippen LogP contribution in [0.25, 0.3) is 0 Å². The summed E-state index contributed by atoms with van der Waals surface area (Å²) in [7, 11) is 3.72. The molecule has 0 aliphatic carbocycles. The number of fused-ring (bicyclic) bond motifs is 1. The Labute approximate surface area is 177 Å². The first-order valence-corrected chi connectivity index (χ1v) is 10.2. The SMILES string of the molecule is CC(OC(=O)CN1CCN(C)CC1)OC(=O)N(C)C(C)Cc1ccc2c(c1)OCO2. The lowest BCUT2D eigenvalue weighted by atomic mass is 10.1. The van der Waals surface area contributed by atoms with Gasteiger partial charge in [0.1, 0.15) is 0 Å². The summed E-state index contributed by atoms with van der Waals surface area (Å²) in [5.74, 6) is 1.05. The van der Waals surface area contributed by atoms with E-state index in [1.807, 2.05) is 30.0 Å². The van der Waals surface area contributed by atoms with E-state index in [2.05, 4.69) is 11.9 Å². The molecule has 1 saturated heterocycles. The molecule has 1 aromatic rings. The fraction of sp³-hybridized carbons (Fsp3) is 0.619. The Balaban J connectivity index is 1.41. The van der Waals surface area contributed by atoms with Gasteiger partial charge in [-0.25, -0.2) is 4.79 Å². The molecule has 166 valence electrons. The number of piperazine rings is 1. The minimum atomic E-state index is -0.947. The van der Waals surface area contributed by atoms with Gasteiger partial charge >= 0.3 is 12.1 Å². The summed E-state index contributed by atoms with van der Waals surface area (Å²) in [5, 5.41) is 0. The number of likely N-dealkylation sites (N-methyl/N-ethyl adjacent to an activating group) is 2. The first-order chi connectivity index (χ1) is 14.3. The molecule has 0 aromatic heterocycles. The number of carbonyl (C=O) groups is 2. The van der Waals surface area contributed by atoms with Crippen molar-refractivity contribution in [3.8, 4) is 11.5 Å². The van der Waals surface area contributed by atoms with Crippen LogP contribution in [0.5, 0.6) is 11.5 Å². The Morgan fingerprint density at radius 3 is 2.53 bits per heavy atom. The molecule has 2 unspecified atom stereocenters. The molecule has 2 aliphatic heterocycles. The first kappa shape index (κ1) is 22.2. The molecule has 0 saturated carbocycles. The van der Waals surface area contributed by atoms with Crippen LogP contribution in [0.4, 0.5) is 4.79 Å². The molecule has 1 fully saturated rings. The zero-order chi connectivity index (χ0) is 21.7. The number of hydrogen-bond donors (Lipinski definition) is 0. The van der Waals surface area contributed by atoms with E-state index >= 15 is 0 Å². The molecule has 0 spiro atoms. The van der Waals surface area contributed by atoms with Gasteiger partial charge < -0.3 is 28.7 Å². The molecule has 9 nitrogen and oxygen atoms in total. The van der Waals surface area contributed by atoms with E-state index in [4.69, 9.17) is 18.9 Å². The summed E-state index contributed by atoms with van der Waals surface area (Å²) in [6, 6.07) is 5.61. The van der Waals surface area contributed by atoms with Crippen LogP contribution < -0.4 is 9.47 Å². The Bertz CT molecular complexity index is 750. The van der Waals surface area contributed by atoms with Gasteiger partial charge in [-0.3, -0.25) is 9.69 Å². The minimum absolute atomic E-state index is 0.119. The largest absolute Gasteiger partial charge is 0.454 e. The Morgan fingerprint density at radius 1 is 1.10 bits per heavy atom. The standard InChI is InChI=1S/C21H31N3O6/c1-15(11-17-5-6-18-19(12-17)28-14-27-18)23(4)21(26)30-16(2)29-20(25)13-24-9-7-22(3)8-10-24/h5-6,12,15-16H,7-11,13-14H2,1-4H3. The van der Waals surface area contributed by atoms with Gasteiger partial charge in [-0.15, -0.1) is 0 Å². The third-order valence-corrected chi connectivity index (χ3v) is 5.43. The molecule has 3 rings (SSSR count). The summed E-state index contributed by atoms with van der Waals surface area (Å²) in [5.41, 5.74) is 1.03. The van der Waals surface area contributed by atoms with Crippen molar-refractivity contribution in [2.24, 2.45) is 0 Å². The maximum atomic E-state index is 12.4. The van der Waals surface area contributed by atoms with Crippen molar-refractivity contribution in [2.45, 2.75) is 32.6 Å². The Morgan fingerprint density at radius 2 is 1.80 bits per heavy atom. The normalized spacial score (nSPS) is 18.5. The summed E-state index contributed by atoms with van der Waals surface area (Å²) < 4.78 is 21.3. The number of carbonyl (C=O) groups excluding carboxylic acids is 2. The highest BCUT2D eigenvalue weighted by atomic mass is 16.7. The highest BCUT2D eigenvalue weighted by Crippen LogP contribution is 2.33. The average molecular weight is 421 g/mol. The predicted molar refractivity (Wildman–Crippen MR) is 109 cm³/mol. The third-order valence-electron chi connectivity index (χ3n) is 5.43. The maximum absolute atomic E-state index is 12.4. The molecule has 9 heteroatoms. The van der Waals surface area contributed by atoms with Crippen molar-refractivity contribution < 1.29 is 28.5 Å². The minimum Gasteiger partial charge on any atom is -0.454 e. The zero-order valence-corrected chi connectivity index (χ0v) is 18.1. The lowest BCUT2D eigenvalue weighted by Crippen LogP contribution is -2.47. The van der Waals surface area contributed by atoms with E-state index < -0.39 is 18.4 Å². The van der Waals surface area contributed by atoms with Gasteiger partial charge in [-0.05, 0) is 38.1 Å². The first-order valence-electron chi connectivity index (χ1n) is 10.2. The highest BCUT2D eigenvalue weighted by Gasteiger charge is 2.24. The number of rotatable bonds is 7. The van der Waals surface area contributed by atoms with Gasteiger partial charge in [0.25, 0.3) is 0 Å². The summed E-state index contributed by atoms with van der Waals surface area (Å²) in [6.07, 6.45) is -0.861. The molecule has 2 heterocycles. The number of benzene rings is 1. The van der Waals surface area contributed by atoms with E-state index in [0.29, 0.717) is 12.2 Å². The van der Waals surface area contributed by atoms with Gasteiger partial charge in [0.05, 0.1) is 6.54 Å². The smallest absolute Gasteiger partial charge is 0.412 e. The predicted octanol–water partition coefficient (Wildman–Crippen LogP) is 1.55. The van der Waals surface area contributed by atoms with E-state index in [-0.39, 0.29) is 19.4 Å². The van der Waals surface area contributed by atoms with Crippen LogP contribution in [-0.2, 0) is 20.7 Å². The van der Waals surface area contributed by atoms with Crippen molar-refractivity contribution >= 4 is 12.1 Å². The molecule has 2 atom stereocenters. The van der Waals surface area contributed by atoms with E-state index in [0.717, 1.165) is 37.5 Å². The van der Waals surface area contributed by atoms with E-state index in [1.54, 1.807) is 14.0 Å². The number of ether oxygens (including phenoxy) is 4. The zero-order valence-electron chi connectivity index (χ0n) is 18.1. The molecule has 1 amide bonds. The lowest BCUT2D eigenvalue weighted by molar-refractivity contribution is -0.167. The number of amides is 1. The van der Waals surface area contributed by atoms with Gasteiger partial charge in [-0.2, -0.15) is 0 Å². The highest BCUT2D eigenvalue weighted by molar-refractivity contribution is 5.72. The lowest BCUT2D eigenvalue weighted by Gasteiger charge is -2.31. The Hall–Kier alpha value is -2.52. The number of nitrogens with zero attached hydrogens (tertiary/aromatic N) is 3. The van der Waals surface area contributed by atoms with Crippen molar-refractivity contribution in [2.75, 3.05) is 53.6 Å². The van der Waals surface area contributed by atoms with E-state index in [1.165, 1.54) is 4.90 Å². The van der Waals surface area contributed by atoms with Gasteiger partial charge in [0.15, 0.2) is 11.5 Å².